The monoisotopic (exact) mass is 475 g/mol. The first-order valence-electron chi connectivity index (χ1n) is 10.6. The number of carbonyl (C=O) groups is 1. The topological polar surface area (TPSA) is 83.1 Å². The van der Waals surface area contributed by atoms with Gasteiger partial charge in [0.05, 0.1) is 10.0 Å². The quantitative estimate of drug-likeness (QED) is 0.498. The molecule has 4 rings (SSSR count). The molecule has 3 aromatic rings. The van der Waals surface area contributed by atoms with Gasteiger partial charge < -0.3 is 15.0 Å². The van der Waals surface area contributed by atoms with Crippen LogP contribution in [0.5, 0.6) is 0 Å². The predicted octanol–water partition coefficient (Wildman–Crippen LogP) is 5.82. The number of aromatic nitrogens is 3. The fourth-order valence-electron chi connectivity index (χ4n) is 3.95. The van der Waals surface area contributed by atoms with Gasteiger partial charge in [-0.25, -0.2) is 9.78 Å². The van der Waals surface area contributed by atoms with E-state index in [2.05, 4.69) is 32.3 Å². The van der Waals surface area contributed by atoms with Gasteiger partial charge in [-0.05, 0) is 52.7 Å². The molecular weight excluding hydrogens is 449 g/mol. The van der Waals surface area contributed by atoms with E-state index in [4.69, 9.17) is 27.9 Å². The fourth-order valence-corrected chi connectivity index (χ4v) is 4.34. The highest BCUT2D eigenvalue weighted by molar-refractivity contribution is 6.43. The molecule has 9 heteroatoms. The van der Waals surface area contributed by atoms with E-state index in [1.807, 2.05) is 39.0 Å². The van der Waals surface area contributed by atoms with Crippen LogP contribution in [0.25, 0.3) is 22.2 Å². The van der Waals surface area contributed by atoms with Crippen LogP contribution in [0, 0.1) is 0 Å². The Morgan fingerprint density at radius 3 is 2.62 bits per heavy atom. The number of H-pyrrole nitrogens is 1. The number of hydrogen-bond acceptors (Lipinski definition) is 5. The summed E-state index contributed by atoms with van der Waals surface area (Å²) in [4.78, 5) is 19.1. The van der Waals surface area contributed by atoms with E-state index in [0.29, 0.717) is 10.0 Å². The normalized spacial score (nSPS) is 16.2. The molecule has 2 N–H and O–H groups in total. The summed E-state index contributed by atoms with van der Waals surface area (Å²) in [7, 11) is 0. The van der Waals surface area contributed by atoms with Gasteiger partial charge in [0, 0.05) is 35.8 Å². The van der Waals surface area contributed by atoms with Gasteiger partial charge in [-0.15, -0.1) is 0 Å². The molecule has 1 aliphatic heterocycles. The van der Waals surface area contributed by atoms with E-state index < -0.39 is 5.60 Å². The van der Waals surface area contributed by atoms with Crippen molar-refractivity contribution >= 4 is 46.0 Å². The molecule has 1 saturated heterocycles. The van der Waals surface area contributed by atoms with Gasteiger partial charge in [0.25, 0.3) is 0 Å². The Kier molecular flexibility index (Phi) is 5.98. The summed E-state index contributed by atoms with van der Waals surface area (Å²) in [6.45, 7) is 9.12. The largest absolute Gasteiger partial charge is 0.444 e. The fraction of sp³-hybridized carbons (Fsp3) is 0.435. The Morgan fingerprint density at radius 2 is 1.94 bits per heavy atom. The van der Waals surface area contributed by atoms with E-state index >= 15 is 0 Å². The zero-order valence-corrected chi connectivity index (χ0v) is 20.1. The number of amides is 1. The van der Waals surface area contributed by atoms with E-state index in [-0.39, 0.29) is 11.6 Å². The molecule has 1 fully saturated rings. The summed E-state index contributed by atoms with van der Waals surface area (Å²) in [5, 5.41) is 12.6. The van der Waals surface area contributed by atoms with E-state index in [1.165, 1.54) is 0 Å². The standard InChI is InChI=1S/C23H27Cl2N5O2/c1-22(2,3)32-21(31)27-23(4)9-12-30(13-10-23)20-19-15(8-11-26-20)18(28-29-19)14-6-5-7-16(24)17(14)25/h5-8,11H,9-10,12-13H2,1-4H3,(H,27,31)(H,28,29). The lowest BCUT2D eigenvalue weighted by Crippen LogP contribution is -2.54. The molecule has 170 valence electrons. The summed E-state index contributed by atoms with van der Waals surface area (Å²) in [6, 6.07) is 7.44. The molecule has 0 atom stereocenters. The minimum Gasteiger partial charge on any atom is -0.444 e. The van der Waals surface area contributed by atoms with Crippen LogP contribution in [0.15, 0.2) is 30.5 Å². The Balaban J connectivity index is 1.54. The number of alkyl carbamates (subject to hydrolysis) is 1. The van der Waals surface area contributed by atoms with Crippen molar-refractivity contribution in [2.45, 2.75) is 51.7 Å². The number of hydrogen-bond donors (Lipinski definition) is 2. The number of nitrogens with zero attached hydrogens (tertiary/aromatic N) is 3. The average molecular weight is 476 g/mol. The molecule has 0 spiro atoms. The number of halogens is 2. The number of nitrogens with one attached hydrogen (secondary N) is 2. The molecule has 3 heterocycles. The van der Waals surface area contributed by atoms with Crippen LogP contribution in [0.3, 0.4) is 0 Å². The van der Waals surface area contributed by atoms with Gasteiger partial charge in [-0.3, -0.25) is 5.10 Å². The highest BCUT2D eigenvalue weighted by Crippen LogP contribution is 2.38. The van der Waals surface area contributed by atoms with Crippen molar-refractivity contribution in [2.24, 2.45) is 0 Å². The lowest BCUT2D eigenvalue weighted by Gasteiger charge is -2.40. The lowest BCUT2D eigenvalue weighted by atomic mass is 9.89. The number of benzene rings is 1. The van der Waals surface area contributed by atoms with Crippen molar-refractivity contribution in [3.63, 3.8) is 0 Å². The maximum Gasteiger partial charge on any atom is 0.408 e. The third-order valence-corrected chi connectivity index (χ3v) is 6.46. The zero-order chi connectivity index (χ0) is 23.1. The molecule has 0 unspecified atom stereocenters. The van der Waals surface area contributed by atoms with Gasteiger partial charge >= 0.3 is 6.09 Å². The Labute approximate surface area is 197 Å². The van der Waals surface area contributed by atoms with Crippen molar-refractivity contribution < 1.29 is 9.53 Å². The molecule has 2 aromatic heterocycles. The molecule has 1 aliphatic rings. The molecule has 32 heavy (non-hydrogen) atoms. The van der Waals surface area contributed by atoms with Crippen molar-refractivity contribution in [2.75, 3.05) is 18.0 Å². The molecule has 7 nitrogen and oxygen atoms in total. The number of anilines is 1. The Morgan fingerprint density at radius 1 is 1.22 bits per heavy atom. The first kappa shape index (κ1) is 22.7. The summed E-state index contributed by atoms with van der Waals surface area (Å²) >= 11 is 12.6. The van der Waals surface area contributed by atoms with Crippen molar-refractivity contribution in [3.8, 4) is 11.3 Å². The summed E-state index contributed by atoms with van der Waals surface area (Å²) in [5.41, 5.74) is 1.51. The minimum atomic E-state index is -0.523. The Hall–Kier alpha value is -2.51. The van der Waals surface area contributed by atoms with E-state index in [1.54, 1.807) is 12.3 Å². The van der Waals surface area contributed by atoms with Gasteiger partial charge in [-0.2, -0.15) is 5.10 Å². The first-order valence-corrected chi connectivity index (χ1v) is 11.4. The number of ether oxygens (including phenoxy) is 1. The van der Waals surface area contributed by atoms with Crippen molar-refractivity contribution in [3.05, 3.63) is 40.5 Å². The number of piperidine rings is 1. The van der Waals surface area contributed by atoms with Crippen LogP contribution in [0.1, 0.15) is 40.5 Å². The van der Waals surface area contributed by atoms with Gasteiger partial charge in [0.15, 0.2) is 5.82 Å². The van der Waals surface area contributed by atoms with E-state index in [0.717, 1.165) is 53.9 Å². The Bertz CT molecular complexity index is 1150. The van der Waals surface area contributed by atoms with Crippen LogP contribution in [0.4, 0.5) is 10.6 Å². The second kappa shape index (κ2) is 8.45. The molecule has 0 radical (unpaired) electrons. The number of aromatic amines is 1. The van der Waals surface area contributed by atoms with Gasteiger partial charge in [-0.1, -0.05) is 35.3 Å². The predicted molar refractivity (Wildman–Crippen MR) is 129 cm³/mol. The van der Waals surface area contributed by atoms with Gasteiger partial charge in [0.1, 0.15) is 16.8 Å². The summed E-state index contributed by atoms with van der Waals surface area (Å²) < 4.78 is 5.43. The van der Waals surface area contributed by atoms with Crippen LogP contribution in [-0.2, 0) is 4.74 Å². The highest BCUT2D eigenvalue weighted by Gasteiger charge is 2.34. The van der Waals surface area contributed by atoms with Crippen LogP contribution >= 0.6 is 23.2 Å². The maximum atomic E-state index is 12.3. The number of pyridine rings is 1. The van der Waals surface area contributed by atoms with Crippen molar-refractivity contribution in [1.82, 2.24) is 20.5 Å². The zero-order valence-electron chi connectivity index (χ0n) is 18.6. The van der Waals surface area contributed by atoms with Gasteiger partial charge in [0.2, 0.25) is 0 Å². The SMILES string of the molecule is CC1(NC(=O)OC(C)(C)C)CCN(c2nccc3c(-c4cccc(Cl)c4Cl)n[nH]c23)CC1. The number of carbonyl (C=O) groups excluding carboxylic acids is 1. The highest BCUT2D eigenvalue weighted by atomic mass is 35.5. The summed E-state index contributed by atoms with van der Waals surface area (Å²) in [5.74, 6) is 0.832. The van der Waals surface area contributed by atoms with Crippen LogP contribution in [-0.4, -0.2) is 45.5 Å². The first-order chi connectivity index (χ1) is 15.1. The second-order valence-electron chi connectivity index (χ2n) is 9.41. The number of fused-ring (bicyclic) bond motifs is 1. The van der Waals surface area contributed by atoms with E-state index in [9.17, 15) is 4.79 Å². The molecule has 0 bridgehead atoms. The molecule has 1 amide bonds. The third kappa shape index (κ3) is 4.64. The maximum absolute atomic E-state index is 12.3. The molecule has 0 saturated carbocycles. The minimum absolute atomic E-state index is 0.333. The second-order valence-corrected chi connectivity index (χ2v) is 10.2. The third-order valence-electron chi connectivity index (χ3n) is 5.64. The molecular formula is C23H27Cl2N5O2. The van der Waals surface area contributed by atoms with Crippen molar-refractivity contribution in [1.29, 1.82) is 0 Å². The average Bonchev–Trinajstić information content (AvgIpc) is 3.13. The molecule has 0 aliphatic carbocycles. The number of rotatable bonds is 3. The van der Waals surface area contributed by atoms with Crippen LogP contribution in [0.2, 0.25) is 10.0 Å². The summed E-state index contributed by atoms with van der Waals surface area (Å²) in [6.07, 6.45) is 2.93. The smallest absolute Gasteiger partial charge is 0.408 e. The molecule has 1 aromatic carbocycles. The van der Waals surface area contributed by atoms with Crippen LogP contribution < -0.4 is 10.2 Å². The lowest BCUT2D eigenvalue weighted by molar-refractivity contribution is 0.0448.